The van der Waals surface area contributed by atoms with Crippen LogP contribution < -0.4 is 10.1 Å². The highest BCUT2D eigenvalue weighted by atomic mass is 19.1. The highest BCUT2D eigenvalue weighted by molar-refractivity contribution is 5.68. The molecule has 0 saturated carbocycles. The van der Waals surface area contributed by atoms with Gasteiger partial charge in [0.05, 0.1) is 7.11 Å². The molecule has 3 heteroatoms. The summed E-state index contributed by atoms with van der Waals surface area (Å²) in [6, 6.07) is 9.29. The van der Waals surface area contributed by atoms with E-state index >= 15 is 0 Å². The Morgan fingerprint density at radius 3 is 2.25 bits per heavy atom. The van der Waals surface area contributed by atoms with Gasteiger partial charge in [0.2, 0.25) is 0 Å². The molecule has 1 N–H and O–H groups in total. The minimum absolute atomic E-state index is 0.193. The van der Waals surface area contributed by atoms with Gasteiger partial charge in [0, 0.05) is 12.1 Å². The molecule has 0 fully saturated rings. The summed E-state index contributed by atoms with van der Waals surface area (Å²) in [5.74, 6) is 0.669. The lowest BCUT2D eigenvalue weighted by Gasteiger charge is -2.12. The summed E-state index contributed by atoms with van der Waals surface area (Å²) >= 11 is 0. The molecule has 0 heterocycles. The van der Waals surface area contributed by atoms with Gasteiger partial charge >= 0.3 is 0 Å². The van der Waals surface area contributed by atoms with Gasteiger partial charge in [-0.05, 0) is 61.3 Å². The Bertz CT molecular complexity index is 599. The van der Waals surface area contributed by atoms with Crippen LogP contribution in [0.15, 0.2) is 30.3 Å². The van der Waals surface area contributed by atoms with Gasteiger partial charge in [-0.25, -0.2) is 4.39 Å². The molecule has 0 aliphatic heterocycles. The van der Waals surface area contributed by atoms with Gasteiger partial charge in [-0.15, -0.1) is 0 Å². The molecule has 2 aromatic rings. The SMILES string of the molecule is CNCc1ccc(-c2cc(C)c(OC)c(C)c2)c(F)c1. The van der Waals surface area contributed by atoms with E-state index in [-0.39, 0.29) is 5.82 Å². The monoisotopic (exact) mass is 273 g/mol. The van der Waals surface area contributed by atoms with Crippen molar-refractivity contribution in [2.75, 3.05) is 14.2 Å². The first-order valence-corrected chi connectivity index (χ1v) is 6.65. The van der Waals surface area contributed by atoms with Crippen molar-refractivity contribution in [3.05, 3.63) is 52.8 Å². The van der Waals surface area contributed by atoms with Crippen molar-refractivity contribution < 1.29 is 9.13 Å². The lowest BCUT2D eigenvalue weighted by atomic mass is 9.98. The number of halogens is 1. The number of rotatable bonds is 4. The van der Waals surface area contributed by atoms with Crippen molar-refractivity contribution in [3.63, 3.8) is 0 Å². The van der Waals surface area contributed by atoms with Crippen molar-refractivity contribution in [2.24, 2.45) is 0 Å². The van der Waals surface area contributed by atoms with Crippen LogP contribution in [-0.4, -0.2) is 14.2 Å². The molecule has 2 nitrogen and oxygen atoms in total. The Hall–Kier alpha value is -1.87. The quantitative estimate of drug-likeness (QED) is 0.914. The highest BCUT2D eigenvalue weighted by Gasteiger charge is 2.10. The molecule has 0 unspecified atom stereocenters. The van der Waals surface area contributed by atoms with Crippen molar-refractivity contribution in [2.45, 2.75) is 20.4 Å². The molecule has 0 bridgehead atoms. The van der Waals surface area contributed by atoms with Crippen LogP contribution >= 0.6 is 0 Å². The summed E-state index contributed by atoms with van der Waals surface area (Å²) in [5.41, 5.74) is 4.48. The molecular weight excluding hydrogens is 253 g/mol. The molecule has 2 rings (SSSR count). The summed E-state index contributed by atoms with van der Waals surface area (Å²) < 4.78 is 19.6. The standard InChI is InChI=1S/C17H20FNO/c1-11-7-14(8-12(2)17(11)20-4)15-6-5-13(10-19-3)9-16(15)18/h5-9,19H,10H2,1-4H3. The van der Waals surface area contributed by atoms with Crippen molar-refractivity contribution in [1.29, 1.82) is 0 Å². The van der Waals surface area contributed by atoms with Crippen LogP contribution in [0.4, 0.5) is 4.39 Å². The fourth-order valence-electron chi connectivity index (χ4n) is 2.53. The van der Waals surface area contributed by atoms with E-state index in [2.05, 4.69) is 5.32 Å². The first-order chi connectivity index (χ1) is 9.56. The number of nitrogens with one attached hydrogen (secondary N) is 1. The molecule has 0 aliphatic carbocycles. The van der Waals surface area contributed by atoms with E-state index in [1.165, 1.54) is 0 Å². The van der Waals surface area contributed by atoms with Gasteiger partial charge in [0.1, 0.15) is 11.6 Å². The van der Waals surface area contributed by atoms with Gasteiger partial charge < -0.3 is 10.1 Å². The second-order valence-electron chi connectivity index (χ2n) is 4.99. The number of ether oxygens (including phenoxy) is 1. The maximum atomic E-state index is 14.2. The third-order valence-electron chi connectivity index (χ3n) is 3.39. The summed E-state index contributed by atoms with van der Waals surface area (Å²) in [6.07, 6.45) is 0. The first-order valence-electron chi connectivity index (χ1n) is 6.65. The fourth-order valence-corrected chi connectivity index (χ4v) is 2.53. The Labute approximate surface area is 119 Å². The Morgan fingerprint density at radius 2 is 1.75 bits per heavy atom. The van der Waals surface area contributed by atoms with Gasteiger partial charge in [-0.2, -0.15) is 0 Å². The smallest absolute Gasteiger partial charge is 0.131 e. The normalized spacial score (nSPS) is 10.7. The summed E-state index contributed by atoms with van der Waals surface area (Å²) in [6.45, 7) is 4.61. The molecule has 0 saturated heterocycles. The van der Waals surface area contributed by atoms with Gasteiger partial charge in [-0.1, -0.05) is 12.1 Å². The molecule has 20 heavy (non-hydrogen) atoms. The molecule has 0 aliphatic rings. The highest BCUT2D eigenvalue weighted by Crippen LogP contribution is 2.31. The lowest BCUT2D eigenvalue weighted by Crippen LogP contribution is -2.05. The second-order valence-corrected chi connectivity index (χ2v) is 4.99. The molecular formula is C17H20FNO. The van der Waals surface area contributed by atoms with E-state index in [0.717, 1.165) is 28.0 Å². The zero-order valence-electron chi connectivity index (χ0n) is 12.4. The number of hydrogen-bond donors (Lipinski definition) is 1. The average molecular weight is 273 g/mol. The zero-order chi connectivity index (χ0) is 14.7. The van der Waals surface area contributed by atoms with E-state index in [4.69, 9.17) is 4.74 Å². The minimum atomic E-state index is -0.193. The Balaban J connectivity index is 2.46. The van der Waals surface area contributed by atoms with E-state index in [1.54, 1.807) is 13.2 Å². The average Bonchev–Trinajstić information content (AvgIpc) is 2.38. The van der Waals surface area contributed by atoms with Crippen LogP contribution in [0.5, 0.6) is 5.75 Å². The fraction of sp³-hybridized carbons (Fsp3) is 0.294. The number of aryl methyl sites for hydroxylation is 2. The topological polar surface area (TPSA) is 21.3 Å². The third kappa shape index (κ3) is 2.83. The molecule has 0 atom stereocenters. The van der Waals surface area contributed by atoms with Crippen LogP contribution in [0.3, 0.4) is 0 Å². The molecule has 0 radical (unpaired) electrons. The maximum absolute atomic E-state index is 14.2. The van der Waals surface area contributed by atoms with E-state index < -0.39 is 0 Å². The van der Waals surface area contributed by atoms with Crippen molar-refractivity contribution in [3.8, 4) is 16.9 Å². The van der Waals surface area contributed by atoms with Crippen molar-refractivity contribution in [1.82, 2.24) is 5.32 Å². The maximum Gasteiger partial charge on any atom is 0.131 e. The molecule has 0 aromatic heterocycles. The van der Waals surface area contributed by atoms with E-state index in [1.807, 2.05) is 45.2 Å². The predicted molar refractivity (Wildman–Crippen MR) is 80.6 cm³/mol. The predicted octanol–water partition coefficient (Wildman–Crippen LogP) is 3.84. The van der Waals surface area contributed by atoms with Gasteiger partial charge in [-0.3, -0.25) is 0 Å². The van der Waals surface area contributed by atoms with Crippen LogP contribution in [-0.2, 0) is 6.54 Å². The number of hydrogen-bond acceptors (Lipinski definition) is 2. The third-order valence-corrected chi connectivity index (χ3v) is 3.39. The van der Waals surface area contributed by atoms with Crippen LogP contribution in [0.25, 0.3) is 11.1 Å². The first kappa shape index (κ1) is 14.5. The zero-order valence-corrected chi connectivity index (χ0v) is 12.4. The molecule has 2 aromatic carbocycles. The second kappa shape index (κ2) is 6.06. The number of benzene rings is 2. The van der Waals surface area contributed by atoms with Crippen molar-refractivity contribution >= 4 is 0 Å². The van der Waals surface area contributed by atoms with Gasteiger partial charge in [0.25, 0.3) is 0 Å². The molecule has 106 valence electrons. The summed E-state index contributed by atoms with van der Waals surface area (Å²) in [4.78, 5) is 0. The van der Waals surface area contributed by atoms with Crippen LogP contribution in [0.1, 0.15) is 16.7 Å². The van der Waals surface area contributed by atoms with Crippen LogP contribution in [0.2, 0.25) is 0 Å². The summed E-state index contributed by atoms with van der Waals surface area (Å²) in [7, 11) is 3.50. The van der Waals surface area contributed by atoms with Crippen LogP contribution in [0, 0.1) is 19.7 Å². The largest absolute Gasteiger partial charge is 0.496 e. The molecule has 0 amide bonds. The minimum Gasteiger partial charge on any atom is -0.496 e. The van der Waals surface area contributed by atoms with E-state index in [0.29, 0.717) is 12.1 Å². The summed E-state index contributed by atoms with van der Waals surface area (Å²) in [5, 5.41) is 3.02. The lowest BCUT2D eigenvalue weighted by molar-refractivity contribution is 0.408. The Morgan fingerprint density at radius 1 is 1.10 bits per heavy atom. The molecule has 0 spiro atoms. The number of methoxy groups -OCH3 is 1. The van der Waals surface area contributed by atoms with E-state index in [9.17, 15) is 4.39 Å². The van der Waals surface area contributed by atoms with Gasteiger partial charge in [0.15, 0.2) is 0 Å². The Kier molecular flexibility index (Phi) is 4.40.